The molecule has 0 aliphatic carbocycles. The summed E-state index contributed by atoms with van der Waals surface area (Å²) in [6.07, 6.45) is 69.9. The zero-order valence-corrected chi connectivity index (χ0v) is 52.9. The number of hydrogen-bond acceptors (Lipinski definition) is 6. The summed E-state index contributed by atoms with van der Waals surface area (Å²) in [5.41, 5.74) is 0. The van der Waals surface area contributed by atoms with Crippen LogP contribution in [0.5, 0.6) is 0 Å². The number of nitrogens with one attached hydrogen (secondary N) is 1. The highest BCUT2D eigenvalue weighted by Crippen LogP contribution is 2.43. The molecule has 0 heterocycles. The lowest BCUT2D eigenvalue weighted by Gasteiger charge is -2.27. The monoisotopic (exact) mass is 1110 g/mol. The standard InChI is InChI=1S/C67H129N2O7P/c1-7-10-13-16-19-22-25-28-30-32-34-36-38-41-44-47-50-53-56-59-66(70)68-64(63-75-77(72,73)74-62-61-69(4,5)6)65(58-55-52-49-46-43-40-27-24-21-18-15-12-9-3)76-67(71)60-57-54-51-48-45-42-39-37-35-33-31-29-26-23-20-17-14-11-8-2/h19,22,28,30,55,58,64-65H,7-18,20-21,23-27,29,31-54,56-57,59-63H2,1-6H3,(H-,68,70,72,73)/p+1/b22-19-,30-28-,58-55+. The van der Waals surface area contributed by atoms with Crippen LogP contribution in [0.1, 0.15) is 329 Å². The Bertz CT molecular complexity index is 1410. The fourth-order valence-electron chi connectivity index (χ4n) is 9.91. The van der Waals surface area contributed by atoms with Gasteiger partial charge in [-0.2, -0.15) is 0 Å². The van der Waals surface area contributed by atoms with Gasteiger partial charge in [0.25, 0.3) is 0 Å². The van der Waals surface area contributed by atoms with Gasteiger partial charge in [-0.05, 0) is 63.9 Å². The largest absolute Gasteiger partial charge is 0.472 e. The second-order valence-electron chi connectivity index (χ2n) is 24.0. The SMILES string of the molecule is CCCCC/C=C\C/C=C\CCCCCCCCCCCC(=O)NC(COP(=O)(O)OCC[N+](C)(C)C)C(/C=C/CCCCCCCCCCCCC)OC(=O)CCCCCCCCCCCCCCCCCCCCC. The van der Waals surface area contributed by atoms with E-state index < -0.39 is 20.0 Å². The predicted molar refractivity (Wildman–Crippen MR) is 332 cm³/mol. The Morgan fingerprint density at radius 3 is 1.19 bits per heavy atom. The highest BCUT2D eigenvalue weighted by molar-refractivity contribution is 7.47. The van der Waals surface area contributed by atoms with Crippen LogP contribution in [-0.4, -0.2) is 74.3 Å². The number of hydrogen-bond donors (Lipinski definition) is 2. The van der Waals surface area contributed by atoms with Crippen molar-refractivity contribution in [3.8, 4) is 0 Å². The van der Waals surface area contributed by atoms with Gasteiger partial charge in [0.05, 0.1) is 33.8 Å². The van der Waals surface area contributed by atoms with Gasteiger partial charge >= 0.3 is 13.8 Å². The molecule has 0 fully saturated rings. The first kappa shape index (κ1) is 75.2. The van der Waals surface area contributed by atoms with E-state index in [-0.39, 0.29) is 25.1 Å². The average Bonchev–Trinajstić information content (AvgIpc) is 3.39. The highest BCUT2D eigenvalue weighted by atomic mass is 31.2. The van der Waals surface area contributed by atoms with E-state index in [4.69, 9.17) is 13.8 Å². The third kappa shape index (κ3) is 58.7. The van der Waals surface area contributed by atoms with Gasteiger partial charge in [-0.15, -0.1) is 0 Å². The van der Waals surface area contributed by atoms with Gasteiger partial charge < -0.3 is 19.4 Å². The fraction of sp³-hybridized carbons (Fsp3) is 0.881. The minimum absolute atomic E-state index is 0.0419. The zero-order valence-electron chi connectivity index (χ0n) is 52.0. The smallest absolute Gasteiger partial charge is 0.456 e. The van der Waals surface area contributed by atoms with Crippen molar-refractivity contribution in [2.75, 3.05) is 40.9 Å². The maximum atomic E-state index is 13.6. The summed E-state index contributed by atoms with van der Waals surface area (Å²) >= 11 is 0. The van der Waals surface area contributed by atoms with Crippen LogP contribution in [0.25, 0.3) is 0 Å². The van der Waals surface area contributed by atoms with Gasteiger partial charge in [0.1, 0.15) is 19.3 Å². The summed E-state index contributed by atoms with van der Waals surface area (Å²) in [6.45, 7) is 7.04. The molecule has 0 aromatic carbocycles. The molecule has 2 N–H and O–H groups in total. The van der Waals surface area contributed by atoms with Crippen LogP contribution >= 0.6 is 7.82 Å². The molecule has 0 spiro atoms. The van der Waals surface area contributed by atoms with Crippen molar-refractivity contribution in [3.63, 3.8) is 0 Å². The number of amides is 1. The van der Waals surface area contributed by atoms with Crippen LogP contribution < -0.4 is 5.32 Å². The van der Waals surface area contributed by atoms with E-state index in [0.29, 0.717) is 23.9 Å². The Morgan fingerprint density at radius 2 is 0.792 bits per heavy atom. The maximum absolute atomic E-state index is 13.6. The molecule has 3 atom stereocenters. The van der Waals surface area contributed by atoms with Crippen LogP contribution in [0, 0.1) is 0 Å². The van der Waals surface area contributed by atoms with Gasteiger partial charge in [-0.3, -0.25) is 18.6 Å². The van der Waals surface area contributed by atoms with Gasteiger partial charge in [0.15, 0.2) is 0 Å². The van der Waals surface area contributed by atoms with Gasteiger partial charge in [-0.1, -0.05) is 289 Å². The molecule has 3 unspecified atom stereocenters. The van der Waals surface area contributed by atoms with E-state index in [2.05, 4.69) is 50.4 Å². The molecule has 0 aliphatic rings. The number of ether oxygens (including phenoxy) is 1. The average molecular weight is 1110 g/mol. The maximum Gasteiger partial charge on any atom is 0.472 e. The van der Waals surface area contributed by atoms with Crippen LogP contribution in [-0.2, 0) is 27.9 Å². The summed E-state index contributed by atoms with van der Waals surface area (Å²) < 4.78 is 30.8. The summed E-state index contributed by atoms with van der Waals surface area (Å²) in [7, 11) is 1.51. The number of carbonyl (C=O) groups excluding carboxylic acids is 2. The van der Waals surface area contributed by atoms with Gasteiger partial charge in [0.2, 0.25) is 5.91 Å². The number of carbonyl (C=O) groups is 2. The lowest BCUT2D eigenvalue weighted by Crippen LogP contribution is -2.47. The molecule has 77 heavy (non-hydrogen) atoms. The van der Waals surface area contributed by atoms with Crippen molar-refractivity contribution in [2.45, 2.75) is 341 Å². The topological polar surface area (TPSA) is 111 Å². The summed E-state index contributed by atoms with van der Waals surface area (Å²) in [5.74, 6) is -0.492. The minimum atomic E-state index is -4.45. The second kappa shape index (κ2) is 57.5. The number of unbranched alkanes of at least 4 members (excludes halogenated alkanes) is 41. The van der Waals surface area contributed by atoms with Crippen molar-refractivity contribution in [1.29, 1.82) is 0 Å². The predicted octanol–water partition coefficient (Wildman–Crippen LogP) is 20.7. The molecule has 0 aliphatic heterocycles. The molecule has 0 saturated carbocycles. The Kier molecular flexibility index (Phi) is 56.1. The molecule has 0 saturated heterocycles. The van der Waals surface area contributed by atoms with Crippen LogP contribution in [0.3, 0.4) is 0 Å². The number of phosphoric ester groups is 1. The molecule has 0 bridgehead atoms. The Hall–Kier alpha value is -1.77. The van der Waals surface area contributed by atoms with E-state index in [1.54, 1.807) is 0 Å². The van der Waals surface area contributed by atoms with E-state index in [0.717, 1.165) is 64.2 Å². The molecule has 0 aromatic heterocycles. The first-order valence-electron chi connectivity index (χ1n) is 33.3. The molecule has 1 amide bonds. The number of rotatable bonds is 61. The first-order chi connectivity index (χ1) is 37.4. The molecule has 0 rings (SSSR count). The van der Waals surface area contributed by atoms with Crippen molar-refractivity contribution in [3.05, 3.63) is 36.5 Å². The second-order valence-corrected chi connectivity index (χ2v) is 25.5. The summed E-state index contributed by atoms with van der Waals surface area (Å²) in [5, 5.41) is 3.07. The van der Waals surface area contributed by atoms with Crippen LogP contribution in [0.15, 0.2) is 36.5 Å². The van der Waals surface area contributed by atoms with E-state index >= 15 is 0 Å². The molecule has 0 aromatic rings. The highest BCUT2D eigenvalue weighted by Gasteiger charge is 2.30. The number of likely N-dealkylation sites (N-methyl/N-ethyl adjacent to an activating group) is 1. The Morgan fingerprint density at radius 1 is 0.455 bits per heavy atom. The van der Waals surface area contributed by atoms with E-state index in [1.807, 2.05) is 33.3 Å². The molecule has 10 heteroatoms. The Balaban J connectivity index is 5.19. The van der Waals surface area contributed by atoms with Crippen LogP contribution in [0.2, 0.25) is 0 Å². The number of phosphoric acid groups is 1. The molecular weight excluding hydrogens is 976 g/mol. The van der Waals surface area contributed by atoms with E-state index in [9.17, 15) is 19.0 Å². The first-order valence-corrected chi connectivity index (χ1v) is 34.8. The summed E-state index contributed by atoms with van der Waals surface area (Å²) in [4.78, 5) is 37.8. The minimum Gasteiger partial charge on any atom is -0.456 e. The summed E-state index contributed by atoms with van der Waals surface area (Å²) in [6, 6.07) is -0.847. The van der Waals surface area contributed by atoms with Crippen molar-refractivity contribution >= 4 is 19.7 Å². The lowest BCUT2D eigenvalue weighted by atomic mass is 10.0. The van der Waals surface area contributed by atoms with Gasteiger partial charge in [-0.25, -0.2) is 4.57 Å². The fourth-order valence-corrected chi connectivity index (χ4v) is 10.7. The van der Waals surface area contributed by atoms with Gasteiger partial charge in [0, 0.05) is 12.8 Å². The zero-order chi connectivity index (χ0) is 56.4. The molecule has 454 valence electrons. The number of nitrogens with zero attached hydrogens (tertiary/aromatic N) is 1. The van der Waals surface area contributed by atoms with Crippen LogP contribution in [0.4, 0.5) is 0 Å². The molecular formula is C67H130N2O7P+. The van der Waals surface area contributed by atoms with E-state index in [1.165, 1.54) is 231 Å². The Labute approximate surface area is 478 Å². The van der Waals surface area contributed by atoms with Crippen molar-refractivity contribution in [2.24, 2.45) is 0 Å². The number of allylic oxidation sites excluding steroid dienone is 5. The quantitative estimate of drug-likeness (QED) is 0.0205. The van der Waals surface area contributed by atoms with Crippen molar-refractivity contribution < 1.29 is 37.3 Å². The molecule has 9 nitrogen and oxygen atoms in total. The third-order valence-electron chi connectivity index (χ3n) is 15.1. The number of quaternary nitrogens is 1. The lowest BCUT2D eigenvalue weighted by molar-refractivity contribution is -0.870. The normalized spacial score (nSPS) is 13.8. The molecule has 0 radical (unpaired) electrons. The third-order valence-corrected chi connectivity index (χ3v) is 16.1. The van der Waals surface area contributed by atoms with Crippen molar-refractivity contribution in [1.82, 2.24) is 5.32 Å². The number of esters is 1.